The second-order valence-electron chi connectivity index (χ2n) is 5.42. The molecule has 2 rings (SSSR count). The smallest absolute Gasteiger partial charge is 0.390 e. The number of nitrogens with zero attached hydrogens (tertiary/aromatic N) is 3. The fraction of sp³-hybridized carbons (Fsp3) is 0.375. The van der Waals surface area contributed by atoms with Crippen LogP contribution in [0, 0.1) is 17.0 Å². The summed E-state index contributed by atoms with van der Waals surface area (Å²) in [6.45, 7) is 5.05. The maximum Gasteiger partial charge on any atom is 0.390 e. The Balaban J connectivity index is 2.44. The second kappa shape index (κ2) is 8.61. The molecule has 150 valence electrons. The van der Waals surface area contributed by atoms with Crippen molar-refractivity contribution < 1.29 is 28.8 Å². The molecule has 1 N–H and O–H groups in total. The van der Waals surface area contributed by atoms with Gasteiger partial charge in [-0.2, -0.15) is 4.68 Å². The van der Waals surface area contributed by atoms with E-state index in [2.05, 4.69) is 10.4 Å². The van der Waals surface area contributed by atoms with Crippen LogP contribution in [-0.4, -0.2) is 45.8 Å². The van der Waals surface area contributed by atoms with Gasteiger partial charge in [0.15, 0.2) is 5.69 Å². The Morgan fingerprint density at radius 1 is 1.25 bits per heavy atom. The lowest BCUT2D eigenvalue weighted by atomic mass is 10.1. The predicted octanol–water partition coefficient (Wildman–Crippen LogP) is 2.30. The number of aryl methyl sites for hydroxylation is 1. The molecule has 0 atom stereocenters. The predicted molar refractivity (Wildman–Crippen MR) is 98.8 cm³/mol. The summed E-state index contributed by atoms with van der Waals surface area (Å²) in [5, 5.41) is 17.0. The van der Waals surface area contributed by atoms with Gasteiger partial charge in [-0.05, 0) is 31.3 Å². The van der Waals surface area contributed by atoms with E-state index in [0.29, 0.717) is 5.56 Å². The summed E-state index contributed by atoms with van der Waals surface area (Å²) in [6.07, 6.45) is 0. The molecule has 0 unspecified atom stereocenters. The van der Waals surface area contributed by atoms with Crippen LogP contribution in [0.2, 0.25) is 0 Å². The molecule has 2 heterocycles. The summed E-state index contributed by atoms with van der Waals surface area (Å²) in [7, 11) is 1.37. The highest BCUT2D eigenvalue weighted by Crippen LogP contribution is 2.34. The number of nitrogens with one attached hydrogen (secondary N) is 1. The monoisotopic (exact) mass is 410 g/mol. The zero-order valence-electron chi connectivity index (χ0n) is 15.6. The van der Waals surface area contributed by atoms with Gasteiger partial charge in [0, 0.05) is 0 Å². The average Bonchev–Trinajstić information content (AvgIpc) is 3.16. The lowest BCUT2D eigenvalue weighted by Gasteiger charge is -2.06. The fourth-order valence-corrected chi connectivity index (χ4v) is 3.45. The van der Waals surface area contributed by atoms with E-state index in [1.54, 1.807) is 20.8 Å². The van der Waals surface area contributed by atoms with E-state index in [-0.39, 0.29) is 34.3 Å². The molecule has 0 fully saturated rings. The molecule has 0 aliphatic carbocycles. The van der Waals surface area contributed by atoms with Gasteiger partial charge in [0.1, 0.15) is 9.88 Å². The zero-order chi connectivity index (χ0) is 21.0. The van der Waals surface area contributed by atoms with Crippen molar-refractivity contribution in [2.45, 2.75) is 20.8 Å². The van der Waals surface area contributed by atoms with Gasteiger partial charge >= 0.3 is 17.8 Å². The van der Waals surface area contributed by atoms with E-state index >= 15 is 0 Å². The van der Waals surface area contributed by atoms with Crippen LogP contribution in [-0.2, 0) is 16.5 Å². The SMILES string of the molecule is CCOC(=O)c1sc(NC(=O)c2cc([N+](=O)[O-])nn2C)c(C(=O)OCC)c1C. The van der Waals surface area contributed by atoms with Crippen molar-refractivity contribution in [2.75, 3.05) is 18.5 Å². The number of hydrogen-bond donors (Lipinski definition) is 1. The van der Waals surface area contributed by atoms with Crippen molar-refractivity contribution in [3.8, 4) is 0 Å². The third-order valence-corrected chi connectivity index (χ3v) is 4.79. The van der Waals surface area contributed by atoms with Crippen molar-refractivity contribution in [3.63, 3.8) is 0 Å². The Morgan fingerprint density at radius 2 is 1.86 bits per heavy atom. The van der Waals surface area contributed by atoms with Crippen LogP contribution >= 0.6 is 11.3 Å². The highest BCUT2D eigenvalue weighted by Gasteiger charge is 2.29. The number of rotatable bonds is 7. The van der Waals surface area contributed by atoms with Crippen LogP contribution < -0.4 is 5.32 Å². The van der Waals surface area contributed by atoms with Gasteiger partial charge in [-0.25, -0.2) is 9.59 Å². The van der Waals surface area contributed by atoms with Gasteiger partial charge in [-0.1, -0.05) is 0 Å². The molecule has 11 nitrogen and oxygen atoms in total. The minimum Gasteiger partial charge on any atom is -0.462 e. The maximum absolute atomic E-state index is 12.6. The first kappa shape index (κ1) is 21.0. The van der Waals surface area contributed by atoms with E-state index in [9.17, 15) is 24.5 Å². The average molecular weight is 410 g/mol. The number of anilines is 1. The topological polar surface area (TPSA) is 143 Å². The number of nitro groups is 1. The summed E-state index contributed by atoms with van der Waals surface area (Å²) in [6, 6.07) is 1.01. The molecule has 0 saturated carbocycles. The van der Waals surface area contributed by atoms with E-state index in [4.69, 9.17) is 9.47 Å². The van der Waals surface area contributed by atoms with Crippen molar-refractivity contribution in [1.82, 2.24) is 9.78 Å². The molecule has 12 heteroatoms. The highest BCUT2D eigenvalue weighted by molar-refractivity contribution is 7.18. The Morgan fingerprint density at radius 3 is 2.39 bits per heavy atom. The van der Waals surface area contributed by atoms with Gasteiger partial charge in [-0.15, -0.1) is 11.3 Å². The van der Waals surface area contributed by atoms with E-state index in [1.165, 1.54) is 7.05 Å². The highest BCUT2D eigenvalue weighted by atomic mass is 32.1. The van der Waals surface area contributed by atoms with E-state index < -0.39 is 28.6 Å². The molecule has 0 aliphatic heterocycles. The molecule has 2 aromatic heterocycles. The van der Waals surface area contributed by atoms with Gasteiger partial charge < -0.3 is 24.9 Å². The number of ether oxygens (including phenoxy) is 2. The number of thiophene rings is 1. The molecule has 0 bridgehead atoms. The minimum atomic E-state index is -0.731. The molecule has 1 amide bonds. The zero-order valence-corrected chi connectivity index (χ0v) is 16.4. The summed E-state index contributed by atoms with van der Waals surface area (Å²) in [5.74, 6) is -2.57. The molecular formula is C16H18N4O7S. The molecule has 0 radical (unpaired) electrons. The van der Waals surface area contributed by atoms with E-state index in [0.717, 1.165) is 22.1 Å². The number of amides is 1. The first-order valence-corrected chi connectivity index (χ1v) is 9.00. The Hall–Kier alpha value is -3.28. The van der Waals surface area contributed by atoms with Gasteiger partial charge in [-0.3, -0.25) is 4.79 Å². The molecule has 0 aliphatic rings. The van der Waals surface area contributed by atoms with Crippen LogP contribution in [0.4, 0.5) is 10.8 Å². The van der Waals surface area contributed by atoms with Crippen LogP contribution in [0.25, 0.3) is 0 Å². The minimum absolute atomic E-state index is 0.0277. The number of hydrogen-bond acceptors (Lipinski definition) is 9. The first-order valence-electron chi connectivity index (χ1n) is 8.18. The largest absolute Gasteiger partial charge is 0.462 e. The molecular weight excluding hydrogens is 392 g/mol. The second-order valence-corrected chi connectivity index (χ2v) is 6.44. The van der Waals surface area contributed by atoms with Gasteiger partial charge in [0.25, 0.3) is 5.91 Å². The van der Waals surface area contributed by atoms with E-state index in [1.807, 2.05) is 0 Å². The Kier molecular flexibility index (Phi) is 6.46. The summed E-state index contributed by atoms with van der Waals surface area (Å²) in [4.78, 5) is 47.3. The molecule has 0 aromatic carbocycles. The Labute approximate surface area is 163 Å². The number of aromatic nitrogens is 2. The van der Waals surface area contributed by atoms with Gasteiger partial charge in [0.2, 0.25) is 0 Å². The van der Waals surface area contributed by atoms with Crippen LogP contribution in [0.3, 0.4) is 0 Å². The lowest BCUT2D eigenvalue weighted by molar-refractivity contribution is -0.389. The van der Waals surface area contributed by atoms with Crippen LogP contribution in [0.15, 0.2) is 6.07 Å². The van der Waals surface area contributed by atoms with Crippen molar-refractivity contribution >= 4 is 40.0 Å². The summed E-state index contributed by atoms with van der Waals surface area (Å²) >= 11 is 0.859. The van der Waals surface area contributed by atoms with Crippen LogP contribution in [0.1, 0.15) is 49.9 Å². The van der Waals surface area contributed by atoms with Crippen molar-refractivity contribution in [2.24, 2.45) is 7.05 Å². The normalized spacial score (nSPS) is 10.4. The first-order chi connectivity index (χ1) is 13.2. The van der Waals surface area contributed by atoms with Gasteiger partial charge in [0.05, 0.1) is 37.0 Å². The molecule has 0 saturated heterocycles. The standard InChI is InChI=1S/C16H18N4O7S/c1-5-26-15(22)11-8(3)12(16(23)27-6-2)28-14(11)17-13(21)9-7-10(20(24)25)18-19(9)4/h7H,5-6H2,1-4H3,(H,17,21). The molecule has 2 aromatic rings. The van der Waals surface area contributed by atoms with Crippen LogP contribution in [0.5, 0.6) is 0 Å². The number of carbonyl (C=O) groups excluding carboxylic acids is 3. The maximum atomic E-state index is 12.6. The third-order valence-electron chi connectivity index (χ3n) is 3.60. The van der Waals surface area contributed by atoms with Crippen molar-refractivity contribution in [1.29, 1.82) is 0 Å². The number of carbonyl (C=O) groups is 3. The summed E-state index contributed by atoms with van der Waals surface area (Å²) in [5.41, 5.74) is 0.248. The fourth-order valence-electron chi connectivity index (χ4n) is 2.36. The Bertz CT molecular complexity index is 947. The quantitative estimate of drug-likeness (QED) is 0.416. The lowest BCUT2D eigenvalue weighted by Crippen LogP contribution is -2.17. The third kappa shape index (κ3) is 4.17. The summed E-state index contributed by atoms with van der Waals surface area (Å²) < 4.78 is 11.0. The van der Waals surface area contributed by atoms with Crippen molar-refractivity contribution in [3.05, 3.63) is 37.9 Å². The molecule has 0 spiro atoms. The number of esters is 2. The molecule has 28 heavy (non-hydrogen) atoms.